The maximum Gasteiger partial charge on any atom is 0.126 e. The number of hydrogen-bond donors (Lipinski definition) is 1. The van der Waals surface area contributed by atoms with Crippen LogP contribution in [-0.4, -0.2) is 36.1 Å². The zero-order valence-corrected chi connectivity index (χ0v) is 9.56. The van der Waals surface area contributed by atoms with E-state index in [0.717, 1.165) is 24.5 Å². The van der Waals surface area contributed by atoms with Gasteiger partial charge >= 0.3 is 0 Å². The third-order valence-electron chi connectivity index (χ3n) is 2.94. The molecule has 0 aromatic carbocycles. The monoisotopic (exact) mass is 221 g/mol. The molecule has 2 heterocycles. The number of pyridine rings is 1. The fourth-order valence-electron chi connectivity index (χ4n) is 2.00. The summed E-state index contributed by atoms with van der Waals surface area (Å²) in [5.74, 6) is 0.872. The number of ether oxygens (including phenoxy) is 1. The van der Waals surface area contributed by atoms with Gasteiger partial charge in [-0.15, -0.1) is 0 Å². The Morgan fingerprint density at radius 1 is 1.38 bits per heavy atom. The summed E-state index contributed by atoms with van der Waals surface area (Å²) in [5.41, 5.74) is 6.59. The molecule has 0 saturated carbocycles. The average molecular weight is 221 g/mol. The molecule has 4 nitrogen and oxygen atoms in total. The topological polar surface area (TPSA) is 51.4 Å². The van der Waals surface area contributed by atoms with E-state index >= 15 is 0 Å². The number of aromatic nitrogens is 1. The van der Waals surface area contributed by atoms with Crippen molar-refractivity contribution in [1.29, 1.82) is 0 Å². The van der Waals surface area contributed by atoms with Crippen molar-refractivity contribution in [3.05, 3.63) is 24.0 Å². The van der Waals surface area contributed by atoms with Crippen molar-refractivity contribution in [2.24, 2.45) is 5.73 Å². The SMILES string of the molecule is NCc1cnccc1OCCN1CCCC1. The smallest absolute Gasteiger partial charge is 0.126 e. The van der Waals surface area contributed by atoms with Crippen LogP contribution in [0.15, 0.2) is 18.5 Å². The summed E-state index contributed by atoms with van der Waals surface area (Å²) in [5, 5.41) is 0. The van der Waals surface area contributed by atoms with E-state index < -0.39 is 0 Å². The van der Waals surface area contributed by atoms with Gasteiger partial charge in [-0.25, -0.2) is 0 Å². The van der Waals surface area contributed by atoms with Crippen LogP contribution in [0, 0.1) is 0 Å². The first kappa shape index (κ1) is 11.4. The van der Waals surface area contributed by atoms with Crippen LogP contribution in [0.25, 0.3) is 0 Å². The van der Waals surface area contributed by atoms with Gasteiger partial charge in [-0.1, -0.05) is 0 Å². The molecule has 1 aromatic rings. The largest absolute Gasteiger partial charge is 0.492 e. The highest BCUT2D eigenvalue weighted by molar-refractivity contribution is 5.29. The second-order valence-electron chi connectivity index (χ2n) is 4.08. The minimum Gasteiger partial charge on any atom is -0.492 e. The summed E-state index contributed by atoms with van der Waals surface area (Å²) in [6.07, 6.45) is 6.15. The van der Waals surface area contributed by atoms with Gasteiger partial charge in [0, 0.05) is 31.0 Å². The minimum absolute atomic E-state index is 0.479. The molecule has 88 valence electrons. The van der Waals surface area contributed by atoms with E-state index in [2.05, 4.69) is 9.88 Å². The lowest BCUT2D eigenvalue weighted by molar-refractivity contribution is 0.236. The molecule has 0 spiro atoms. The summed E-state index contributed by atoms with van der Waals surface area (Å²) >= 11 is 0. The van der Waals surface area contributed by atoms with E-state index in [9.17, 15) is 0 Å². The Kier molecular flexibility index (Phi) is 4.13. The molecule has 1 saturated heterocycles. The van der Waals surface area contributed by atoms with Gasteiger partial charge < -0.3 is 10.5 Å². The van der Waals surface area contributed by atoms with E-state index in [1.165, 1.54) is 25.9 Å². The number of likely N-dealkylation sites (tertiary alicyclic amines) is 1. The van der Waals surface area contributed by atoms with Crippen LogP contribution < -0.4 is 10.5 Å². The Bertz CT molecular complexity index is 324. The molecule has 1 fully saturated rings. The maximum absolute atomic E-state index is 5.73. The second-order valence-corrected chi connectivity index (χ2v) is 4.08. The number of hydrogen-bond acceptors (Lipinski definition) is 4. The highest BCUT2D eigenvalue weighted by Gasteiger charge is 2.11. The van der Waals surface area contributed by atoms with Crippen molar-refractivity contribution in [1.82, 2.24) is 9.88 Å². The lowest BCUT2D eigenvalue weighted by Gasteiger charge is -2.15. The fourth-order valence-corrected chi connectivity index (χ4v) is 2.00. The second kappa shape index (κ2) is 5.82. The summed E-state index contributed by atoms with van der Waals surface area (Å²) in [6, 6.07) is 1.88. The summed E-state index contributed by atoms with van der Waals surface area (Å²) in [4.78, 5) is 6.47. The molecule has 1 aliphatic rings. The minimum atomic E-state index is 0.479. The number of rotatable bonds is 5. The molecule has 16 heavy (non-hydrogen) atoms. The molecule has 0 amide bonds. The van der Waals surface area contributed by atoms with Gasteiger partial charge in [0.25, 0.3) is 0 Å². The molecular formula is C12H19N3O. The standard InChI is InChI=1S/C12H19N3O/c13-9-11-10-14-4-3-12(11)16-8-7-15-5-1-2-6-15/h3-4,10H,1-2,5-9,13H2. The van der Waals surface area contributed by atoms with E-state index in [1.807, 2.05) is 6.07 Å². The zero-order valence-electron chi connectivity index (χ0n) is 9.56. The van der Waals surface area contributed by atoms with Crippen LogP contribution in [-0.2, 0) is 6.54 Å². The van der Waals surface area contributed by atoms with Crippen molar-refractivity contribution in [3.63, 3.8) is 0 Å². The summed E-state index contributed by atoms with van der Waals surface area (Å²) < 4.78 is 5.73. The third kappa shape index (κ3) is 2.93. The van der Waals surface area contributed by atoms with Crippen LogP contribution in [0.5, 0.6) is 5.75 Å². The van der Waals surface area contributed by atoms with Crippen LogP contribution in [0.2, 0.25) is 0 Å². The summed E-state index contributed by atoms with van der Waals surface area (Å²) in [7, 11) is 0. The zero-order chi connectivity index (χ0) is 11.2. The predicted octanol–water partition coefficient (Wildman–Crippen LogP) is 1.01. The van der Waals surface area contributed by atoms with Gasteiger partial charge in [-0.2, -0.15) is 0 Å². The Morgan fingerprint density at radius 3 is 2.94 bits per heavy atom. The molecule has 2 N–H and O–H groups in total. The molecule has 1 aromatic heterocycles. The van der Waals surface area contributed by atoms with Crippen molar-refractivity contribution < 1.29 is 4.74 Å². The quantitative estimate of drug-likeness (QED) is 0.806. The first-order valence-corrected chi connectivity index (χ1v) is 5.88. The van der Waals surface area contributed by atoms with E-state index in [-0.39, 0.29) is 0 Å². The van der Waals surface area contributed by atoms with Crippen LogP contribution in [0.4, 0.5) is 0 Å². The predicted molar refractivity (Wildman–Crippen MR) is 63.3 cm³/mol. The van der Waals surface area contributed by atoms with Crippen LogP contribution in [0.3, 0.4) is 0 Å². The van der Waals surface area contributed by atoms with Crippen molar-refractivity contribution in [3.8, 4) is 5.75 Å². The Labute approximate surface area is 96.4 Å². The molecular weight excluding hydrogens is 202 g/mol. The maximum atomic E-state index is 5.73. The van der Waals surface area contributed by atoms with Crippen molar-refractivity contribution in [2.75, 3.05) is 26.2 Å². The molecule has 0 unspecified atom stereocenters. The highest BCUT2D eigenvalue weighted by atomic mass is 16.5. The van der Waals surface area contributed by atoms with Crippen LogP contribution >= 0.6 is 0 Å². The number of nitrogens with two attached hydrogens (primary N) is 1. The molecule has 0 radical (unpaired) electrons. The fraction of sp³-hybridized carbons (Fsp3) is 0.583. The lowest BCUT2D eigenvalue weighted by atomic mass is 10.2. The third-order valence-corrected chi connectivity index (χ3v) is 2.94. The van der Waals surface area contributed by atoms with Crippen LogP contribution in [0.1, 0.15) is 18.4 Å². The highest BCUT2D eigenvalue weighted by Crippen LogP contribution is 2.15. The van der Waals surface area contributed by atoms with Gasteiger partial charge in [-0.05, 0) is 32.0 Å². The van der Waals surface area contributed by atoms with Gasteiger partial charge in [0.15, 0.2) is 0 Å². The van der Waals surface area contributed by atoms with Gasteiger partial charge in [0.05, 0.1) is 0 Å². The summed E-state index contributed by atoms with van der Waals surface area (Å²) in [6.45, 7) is 4.64. The average Bonchev–Trinajstić information content (AvgIpc) is 2.83. The van der Waals surface area contributed by atoms with Crippen molar-refractivity contribution >= 4 is 0 Å². The molecule has 1 aliphatic heterocycles. The van der Waals surface area contributed by atoms with Crippen molar-refractivity contribution in [2.45, 2.75) is 19.4 Å². The molecule has 0 bridgehead atoms. The first-order valence-electron chi connectivity index (χ1n) is 5.88. The first-order chi connectivity index (χ1) is 7.90. The van der Waals surface area contributed by atoms with Gasteiger partial charge in [0.2, 0.25) is 0 Å². The number of nitrogens with zero attached hydrogens (tertiary/aromatic N) is 2. The Balaban J connectivity index is 1.79. The molecule has 2 rings (SSSR count). The van der Waals surface area contributed by atoms with Gasteiger partial charge in [-0.3, -0.25) is 9.88 Å². The Hall–Kier alpha value is -1.13. The normalized spacial score (nSPS) is 16.6. The van der Waals surface area contributed by atoms with Gasteiger partial charge in [0.1, 0.15) is 12.4 Å². The van der Waals surface area contributed by atoms with E-state index in [1.54, 1.807) is 12.4 Å². The van der Waals surface area contributed by atoms with E-state index in [0.29, 0.717) is 6.54 Å². The Morgan fingerprint density at radius 2 is 2.19 bits per heavy atom. The lowest BCUT2D eigenvalue weighted by Crippen LogP contribution is -2.25. The molecule has 0 atom stereocenters. The van der Waals surface area contributed by atoms with E-state index in [4.69, 9.17) is 10.5 Å². The molecule has 0 aliphatic carbocycles. The molecule has 4 heteroatoms.